The number of ether oxygens (including phenoxy) is 13. The van der Waals surface area contributed by atoms with E-state index >= 15 is 0 Å². The number of aliphatic hydroxyl groups is 3. The van der Waals surface area contributed by atoms with Gasteiger partial charge in [0.05, 0.1) is 116 Å². The van der Waals surface area contributed by atoms with Crippen LogP contribution >= 0.6 is 0 Å². The molecule has 0 aromatic heterocycles. The van der Waals surface area contributed by atoms with Crippen molar-refractivity contribution in [3.8, 4) is 0 Å². The lowest BCUT2D eigenvalue weighted by Gasteiger charge is -2.50. The summed E-state index contributed by atoms with van der Waals surface area (Å²) in [7, 11) is 0. The average molecular weight is 1090 g/mol. The van der Waals surface area contributed by atoms with Gasteiger partial charge < -0.3 is 76.9 Å². The van der Waals surface area contributed by atoms with Crippen LogP contribution in [0.4, 0.5) is 0 Å². The molecule has 2 saturated carbocycles. The van der Waals surface area contributed by atoms with E-state index in [-0.39, 0.29) is 170 Å². The maximum Gasteiger partial charge on any atom is 0.308 e. The number of rotatable bonds is 4. The Morgan fingerprint density at radius 2 is 1.28 bits per heavy atom. The maximum atomic E-state index is 14.6. The Morgan fingerprint density at radius 1 is 0.538 bits per heavy atom. The van der Waals surface area contributed by atoms with Gasteiger partial charge in [0.15, 0.2) is 11.6 Å². The van der Waals surface area contributed by atoms with Crippen LogP contribution < -0.4 is 0 Å². The Balaban J connectivity index is 0.653. The number of hydrogen-bond acceptors (Lipinski definition) is 17. The van der Waals surface area contributed by atoms with Gasteiger partial charge in [-0.25, -0.2) is 0 Å². The van der Waals surface area contributed by atoms with Crippen molar-refractivity contribution in [1.29, 1.82) is 0 Å². The van der Waals surface area contributed by atoms with E-state index < -0.39 is 42.1 Å². The number of carbonyl (C=O) groups is 1. The molecule has 0 amide bonds. The van der Waals surface area contributed by atoms with Gasteiger partial charge in [-0.2, -0.15) is 0 Å². The van der Waals surface area contributed by atoms with Gasteiger partial charge in [0.2, 0.25) is 0 Å². The monoisotopic (exact) mass is 1090 g/mol. The molecule has 14 heterocycles. The fraction of sp³-hybridized carbons (Fsp3) is 0.918. The van der Waals surface area contributed by atoms with Gasteiger partial charge in [0.25, 0.3) is 0 Å². The molecular weight excluding hydrogens is 1000 g/mol. The summed E-state index contributed by atoms with van der Waals surface area (Å²) in [6.07, 6.45) is 9.84. The molecule has 0 aromatic rings. The van der Waals surface area contributed by atoms with E-state index in [4.69, 9.17) is 61.6 Å². The topological polar surface area (TPSA) is 198 Å². The molecule has 16 fully saturated rings. The number of aliphatic hydroxyl groups excluding tert-OH is 3. The summed E-state index contributed by atoms with van der Waals surface area (Å²) < 4.78 is 90.2. The number of esters is 1. The highest BCUT2D eigenvalue weighted by molar-refractivity contribution is 5.70. The third-order valence-corrected chi connectivity index (χ3v) is 22.8. The number of fused-ring (bicyclic) bond motifs is 10. The minimum absolute atomic E-state index is 0.00788. The van der Waals surface area contributed by atoms with E-state index in [1.54, 1.807) is 0 Å². The van der Waals surface area contributed by atoms with Crippen molar-refractivity contribution >= 4 is 5.97 Å². The molecule has 434 valence electrons. The third-order valence-electron chi connectivity index (χ3n) is 22.8. The van der Waals surface area contributed by atoms with Crippen molar-refractivity contribution in [2.24, 2.45) is 35.5 Å². The molecule has 17 heteroatoms. The zero-order chi connectivity index (χ0) is 53.1. The first kappa shape index (κ1) is 53.1. The van der Waals surface area contributed by atoms with Crippen LogP contribution in [0.1, 0.15) is 156 Å². The zero-order valence-corrected chi connectivity index (χ0v) is 46.2. The highest BCUT2D eigenvalue weighted by atomic mass is 16.8. The van der Waals surface area contributed by atoms with Crippen molar-refractivity contribution in [2.75, 3.05) is 6.61 Å². The molecule has 16 rings (SSSR count). The second kappa shape index (κ2) is 20.0. The van der Waals surface area contributed by atoms with E-state index in [0.29, 0.717) is 38.5 Å². The van der Waals surface area contributed by atoms with Crippen molar-refractivity contribution < 1.29 is 81.7 Å². The van der Waals surface area contributed by atoms with Gasteiger partial charge in [-0.3, -0.25) is 4.79 Å². The lowest BCUT2D eigenvalue weighted by molar-refractivity contribution is -0.293. The standard InChI is InChI=1S/C61H88O17/c1-28-14-37-6-8-41-29(2)15-39(66-41)10-13-60-26-49-55(77-60)56-57(72-49)58(78-60)54-43(70-56)9-7-38(68-54)20-50(65)73-53-32(5)52-34(16-33(53)17-44(67-37)31(28)4)18-46-48(71-52)25-61(75-46)24-35-23-59(22-30(3)51(35)76-61)12-11-42-47(74-59)21-45(69-42)40(64)19-36(63)27-62/h28,30,32-49,51-58,62-64H,2,4,6-27H2,1,3,5H3/t28-,30+,32+,33+,34+,35+,36+,37+,38-,39+,40-,41?,42+,43+,44?,45+,46-,47+,48-,49?,51+,52+,53-,54+,55+,56+,57-,58+,59+,60+,61-/m1/s1. The minimum Gasteiger partial charge on any atom is -0.462 e. The van der Waals surface area contributed by atoms with Crippen LogP contribution in [0.15, 0.2) is 24.3 Å². The van der Waals surface area contributed by atoms with E-state index in [0.717, 1.165) is 94.6 Å². The summed E-state index contributed by atoms with van der Waals surface area (Å²) in [5.74, 6) is -0.867. The van der Waals surface area contributed by atoms with Crippen molar-refractivity contribution in [1.82, 2.24) is 0 Å². The van der Waals surface area contributed by atoms with Crippen molar-refractivity contribution in [3.05, 3.63) is 24.3 Å². The normalized spacial score (nSPS) is 56.8. The molecule has 3 unspecified atom stereocenters. The molecule has 14 aliphatic heterocycles. The maximum absolute atomic E-state index is 14.6. The fourth-order valence-corrected chi connectivity index (χ4v) is 19.3. The lowest BCUT2D eigenvalue weighted by atomic mass is 9.66. The molecule has 31 atom stereocenters. The van der Waals surface area contributed by atoms with E-state index in [2.05, 4.69) is 33.9 Å². The predicted molar refractivity (Wildman–Crippen MR) is 275 cm³/mol. The van der Waals surface area contributed by atoms with Crippen LogP contribution in [0.2, 0.25) is 0 Å². The first-order valence-corrected chi connectivity index (χ1v) is 31.1. The van der Waals surface area contributed by atoms with Gasteiger partial charge >= 0.3 is 5.97 Å². The molecule has 17 nitrogen and oxygen atoms in total. The minimum atomic E-state index is -0.977. The second-order valence-corrected chi connectivity index (χ2v) is 28.1. The fourth-order valence-electron chi connectivity index (χ4n) is 19.3. The van der Waals surface area contributed by atoms with Crippen LogP contribution in [0.25, 0.3) is 0 Å². The van der Waals surface area contributed by atoms with E-state index in [1.165, 1.54) is 0 Å². The zero-order valence-electron chi connectivity index (χ0n) is 46.2. The summed E-state index contributed by atoms with van der Waals surface area (Å²) in [6.45, 7) is 15.6. The SMILES string of the molecule is C=C1C[C@@H]2CC[C@@]34CC5O[C@H]6[C@@H](O3)[C@H]3O[C@H](CC[C@@H]3O[C@H]6[C@H]5O4)CC(=O)O[C@H]3[C@H](CC4O[C@@H](CCC1O2)C[C@@H](C)C4=C)C[C@H]1C[C@H]2O[C@@]4(C[C@@H]5C[C@]6(CC[C@@H]7O[C@H]([C@H](O)C[C@H](O)CO)C[C@@H]7O6)C[C@H](C)[C@@H]5O4)C[C@H]2O[C@H]1[C@@H]3C. The lowest BCUT2D eigenvalue weighted by Crippen LogP contribution is -2.61. The first-order chi connectivity index (χ1) is 37.6. The van der Waals surface area contributed by atoms with E-state index in [9.17, 15) is 20.1 Å². The Hall–Kier alpha value is -1.65. The molecule has 16 aliphatic rings. The molecule has 3 spiro atoms. The molecule has 3 N–H and O–H groups in total. The number of hydrogen-bond donors (Lipinski definition) is 3. The first-order valence-electron chi connectivity index (χ1n) is 31.1. The average Bonchev–Trinajstić information content (AvgIpc) is 4.37. The molecule has 78 heavy (non-hydrogen) atoms. The Morgan fingerprint density at radius 3 is 2.15 bits per heavy atom. The summed E-state index contributed by atoms with van der Waals surface area (Å²) in [6, 6.07) is 0. The highest BCUT2D eigenvalue weighted by Crippen LogP contribution is 2.60. The van der Waals surface area contributed by atoms with Gasteiger partial charge in [-0.15, -0.1) is 0 Å². The van der Waals surface area contributed by atoms with Crippen LogP contribution in [0, 0.1) is 35.5 Å². The quantitative estimate of drug-likeness (QED) is 0.212. The summed E-state index contributed by atoms with van der Waals surface area (Å²) >= 11 is 0. The third kappa shape index (κ3) is 9.21. The molecule has 2 aliphatic carbocycles. The van der Waals surface area contributed by atoms with Gasteiger partial charge in [0, 0.05) is 44.4 Å². The highest BCUT2D eigenvalue weighted by Gasteiger charge is 2.69. The molecule has 0 aromatic carbocycles. The van der Waals surface area contributed by atoms with Crippen molar-refractivity contribution in [3.63, 3.8) is 0 Å². The summed E-state index contributed by atoms with van der Waals surface area (Å²) in [5.41, 5.74) is 1.97. The molecule has 12 bridgehead atoms. The second-order valence-electron chi connectivity index (χ2n) is 28.1. The summed E-state index contributed by atoms with van der Waals surface area (Å²) in [4.78, 5) is 14.6. The van der Waals surface area contributed by atoms with Gasteiger partial charge in [-0.05, 0) is 131 Å². The number of carbonyl (C=O) groups excluding carboxylic acids is 1. The van der Waals surface area contributed by atoms with Crippen LogP contribution in [0.5, 0.6) is 0 Å². The van der Waals surface area contributed by atoms with Gasteiger partial charge in [-0.1, -0.05) is 33.9 Å². The molecular formula is C61H88O17. The summed E-state index contributed by atoms with van der Waals surface area (Å²) in [5, 5.41) is 30.2. The largest absolute Gasteiger partial charge is 0.462 e. The van der Waals surface area contributed by atoms with Gasteiger partial charge in [0.1, 0.15) is 36.6 Å². The molecule has 0 radical (unpaired) electrons. The molecule has 14 saturated heterocycles. The Kier molecular flexibility index (Phi) is 13.6. The smallest absolute Gasteiger partial charge is 0.308 e. The van der Waals surface area contributed by atoms with E-state index in [1.807, 2.05) is 0 Å². The Labute approximate surface area is 459 Å². The van der Waals surface area contributed by atoms with Crippen LogP contribution in [-0.4, -0.2) is 179 Å². The van der Waals surface area contributed by atoms with Crippen molar-refractivity contribution in [2.45, 2.75) is 307 Å². The Bertz CT molecular complexity index is 2300. The van der Waals surface area contributed by atoms with Crippen LogP contribution in [-0.2, 0) is 66.4 Å². The van der Waals surface area contributed by atoms with Crippen LogP contribution in [0.3, 0.4) is 0 Å². The predicted octanol–water partition coefficient (Wildman–Crippen LogP) is 6.21.